The number of hydrogen-bond donors (Lipinski definition) is 2. The molecule has 3 heterocycles. The molecule has 4 rings (SSSR count). The Bertz CT molecular complexity index is 980. The van der Waals surface area contributed by atoms with E-state index in [1.165, 1.54) is 12.7 Å². The van der Waals surface area contributed by atoms with Gasteiger partial charge in [-0.1, -0.05) is 12.1 Å². The van der Waals surface area contributed by atoms with Crippen LogP contribution in [0.2, 0.25) is 0 Å². The lowest BCUT2D eigenvalue weighted by Gasteiger charge is -2.16. The number of benzene rings is 1. The van der Waals surface area contributed by atoms with Crippen LogP contribution in [0.1, 0.15) is 18.7 Å². The summed E-state index contributed by atoms with van der Waals surface area (Å²) in [5.41, 5.74) is 1.96. The molecule has 9 nitrogen and oxygen atoms in total. The molecule has 1 aliphatic rings. The van der Waals surface area contributed by atoms with E-state index in [0.29, 0.717) is 30.1 Å². The van der Waals surface area contributed by atoms with E-state index in [0.717, 1.165) is 10.5 Å². The minimum atomic E-state index is -1.08. The van der Waals surface area contributed by atoms with Crippen molar-refractivity contribution in [1.82, 2.24) is 19.5 Å². The Kier molecular flexibility index (Phi) is 5.70. The van der Waals surface area contributed by atoms with Crippen LogP contribution >= 0.6 is 0 Å². The van der Waals surface area contributed by atoms with Crippen LogP contribution in [0.3, 0.4) is 0 Å². The quantitative estimate of drug-likeness (QED) is 0.564. The lowest BCUT2D eigenvalue weighted by atomic mass is 10.1. The zero-order chi connectivity index (χ0) is 20.5. The van der Waals surface area contributed by atoms with Crippen LogP contribution < -0.4 is 4.74 Å². The SMILES string of the molecule is C[C@H]1O[C@@H](n2cnc3c(OCCc4ccc([S+](C)[O-])cc4)ncnc32)[C@H](O)[C@@H]1O. The average Bonchev–Trinajstić information content (AvgIpc) is 3.25. The highest BCUT2D eigenvalue weighted by Gasteiger charge is 2.42. The first-order valence-corrected chi connectivity index (χ1v) is 10.8. The van der Waals surface area contributed by atoms with Crippen molar-refractivity contribution in [3.8, 4) is 5.88 Å². The molecule has 0 amide bonds. The summed E-state index contributed by atoms with van der Waals surface area (Å²) in [7, 11) is 0. The summed E-state index contributed by atoms with van der Waals surface area (Å²) < 4.78 is 24.5. The number of aliphatic hydroxyl groups is 2. The van der Waals surface area contributed by atoms with Gasteiger partial charge in [-0.2, -0.15) is 4.98 Å². The molecule has 0 spiro atoms. The monoisotopic (exact) mass is 418 g/mol. The highest BCUT2D eigenvalue weighted by Crippen LogP contribution is 2.32. The third kappa shape index (κ3) is 3.94. The maximum atomic E-state index is 11.5. The Hall–Kier alpha value is -2.24. The van der Waals surface area contributed by atoms with E-state index in [4.69, 9.17) is 9.47 Å². The van der Waals surface area contributed by atoms with Gasteiger partial charge in [-0.05, 0) is 35.8 Å². The van der Waals surface area contributed by atoms with E-state index in [9.17, 15) is 14.8 Å². The number of rotatable bonds is 6. The van der Waals surface area contributed by atoms with Gasteiger partial charge in [0.15, 0.2) is 22.3 Å². The summed E-state index contributed by atoms with van der Waals surface area (Å²) in [5.74, 6) is 0.334. The zero-order valence-electron chi connectivity index (χ0n) is 16.0. The molecule has 1 fully saturated rings. The number of hydrogen-bond acceptors (Lipinski definition) is 8. The van der Waals surface area contributed by atoms with Crippen LogP contribution in [0.25, 0.3) is 11.2 Å². The Labute approximate surface area is 170 Å². The molecule has 10 heteroatoms. The fourth-order valence-electron chi connectivity index (χ4n) is 3.29. The van der Waals surface area contributed by atoms with Gasteiger partial charge in [0.25, 0.3) is 0 Å². The second-order valence-electron chi connectivity index (χ2n) is 6.91. The zero-order valence-corrected chi connectivity index (χ0v) is 16.8. The smallest absolute Gasteiger partial charge is 0.245 e. The standard InChI is InChI=1S/C19H22N4O5S/c1-11-15(24)16(25)19(28-11)23-10-22-14-17(23)20-9-21-18(14)27-8-7-12-3-5-13(6-4-12)29(2)26/h3-6,9-11,15-16,19,24-25H,7-8H2,1-2H3/t11-,15-,16-,19-,29?/m1/s1. The summed E-state index contributed by atoms with van der Waals surface area (Å²) in [6.45, 7) is 2.08. The van der Waals surface area contributed by atoms with Gasteiger partial charge >= 0.3 is 0 Å². The van der Waals surface area contributed by atoms with E-state index >= 15 is 0 Å². The molecule has 0 radical (unpaired) electrons. The van der Waals surface area contributed by atoms with Crippen molar-refractivity contribution in [3.63, 3.8) is 0 Å². The van der Waals surface area contributed by atoms with Gasteiger partial charge in [0.05, 0.1) is 19.0 Å². The van der Waals surface area contributed by atoms with Gasteiger partial charge in [-0.3, -0.25) is 4.57 Å². The minimum absolute atomic E-state index is 0.334. The maximum Gasteiger partial charge on any atom is 0.245 e. The number of fused-ring (bicyclic) bond motifs is 1. The molecule has 29 heavy (non-hydrogen) atoms. The molecule has 2 N–H and O–H groups in total. The molecule has 3 aromatic rings. The predicted molar refractivity (Wildman–Crippen MR) is 105 cm³/mol. The Balaban J connectivity index is 1.47. The summed E-state index contributed by atoms with van der Waals surface area (Å²) in [5, 5.41) is 20.2. The highest BCUT2D eigenvalue weighted by atomic mass is 32.2. The second kappa shape index (κ2) is 8.25. The molecule has 154 valence electrons. The Morgan fingerprint density at radius 1 is 1.17 bits per heavy atom. The molecule has 5 atom stereocenters. The number of imidazole rings is 1. The Morgan fingerprint density at radius 2 is 1.93 bits per heavy atom. The van der Waals surface area contributed by atoms with Gasteiger partial charge in [-0.25, -0.2) is 9.97 Å². The molecule has 0 aliphatic carbocycles. The van der Waals surface area contributed by atoms with Gasteiger partial charge in [-0.15, -0.1) is 0 Å². The first-order valence-electron chi connectivity index (χ1n) is 9.20. The van der Waals surface area contributed by atoms with Crippen molar-refractivity contribution < 1.29 is 24.2 Å². The largest absolute Gasteiger partial charge is 0.612 e. The minimum Gasteiger partial charge on any atom is -0.612 e. The third-order valence-electron chi connectivity index (χ3n) is 4.96. The molecule has 1 aromatic carbocycles. The number of aromatic nitrogens is 4. The van der Waals surface area contributed by atoms with Crippen LogP contribution in [-0.4, -0.2) is 65.5 Å². The molecular weight excluding hydrogens is 396 g/mol. The summed E-state index contributed by atoms with van der Waals surface area (Å²) in [4.78, 5) is 13.5. The van der Waals surface area contributed by atoms with Gasteiger partial charge in [0.2, 0.25) is 5.88 Å². The highest BCUT2D eigenvalue weighted by molar-refractivity contribution is 7.90. The first-order chi connectivity index (χ1) is 14.0. The number of ether oxygens (including phenoxy) is 2. The van der Waals surface area contributed by atoms with Crippen LogP contribution in [0, 0.1) is 0 Å². The summed E-state index contributed by atoms with van der Waals surface area (Å²) in [6.07, 6.45) is 1.81. The predicted octanol–water partition coefficient (Wildman–Crippen LogP) is 0.824. The second-order valence-corrected chi connectivity index (χ2v) is 8.29. The van der Waals surface area contributed by atoms with Crippen molar-refractivity contribution in [2.75, 3.05) is 12.9 Å². The Morgan fingerprint density at radius 3 is 2.59 bits per heavy atom. The lowest BCUT2D eigenvalue weighted by Crippen LogP contribution is -2.30. The van der Waals surface area contributed by atoms with Crippen molar-refractivity contribution in [1.29, 1.82) is 0 Å². The molecule has 1 aliphatic heterocycles. The maximum absolute atomic E-state index is 11.5. The fraction of sp³-hybridized carbons (Fsp3) is 0.421. The topological polar surface area (TPSA) is 126 Å². The van der Waals surface area contributed by atoms with Crippen LogP contribution in [0.5, 0.6) is 5.88 Å². The van der Waals surface area contributed by atoms with Gasteiger partial charge < -0.3 is 24.2 Å². The number of aliphatic hydroxyl groups excluding tert-OH is 2. The molecule has 0 bridgehead atoms. The van der Waals surface area contributed by atoms with Crippen LogP contribution in [0.15, 0.2) is 41.8 Å². The van der Waals surface area contributed by atoms with Crippen molar-refractivity contribution >= 4 is 22.3 Å². The van der Waals surface area contributed by atoms with Crippen molar-refractivity contribution in [3.05, 3.63) is 42.5 Å². The summed E-state index contributed by atoms with van der Waals surface area (Å²) >= 11 is -0.997. The molecule has 1 unspecified atom stereocenters. The average molecular weight is 418 g/mol. The third-order valence-corrected chi connectivity index (χ3v) is 5.90. The normalized spacial score (nSPS) is 25.4. The molecular formula is C19H22N4O5S. The summed E-state index contributed by atoms with van der Waals surface area (Å²) in [6, 6.07) is 7.54. The van der Waals surface area contributed by atoms with Crippen LogP contribution in [0.4, 0.5) is 0 Å². The number of nitrogens with zero attached hydrogens (tertiary/aromatic N) is 4. The van der Waals surface area contributed by atoms with E-state index in [-0.39, 0.29) is 0 Å². The van der Waals surface area contributed by atoms with Gasteiger partial charge in [0.1, 0.15) is 24.8 Å². The van der Waals surface area contributed by atoms with Crippen molar-refractivity contribution in [2.24, 2.45) is 0 Å². The van der Waals surface area contributed by atoms with E-state index in [1.54, 1.807) is 17.7 Å². The van der Waals surface area contributed by atoms with Crippen LogP contribution in [-0.2, 0) is 22.3 Å². The van der Waals surface area contributed by atoms with E-state index < -0.39 is 35.7 Å². The van der Waals surface area contributed by atoms with Gasteiger partial charge in [0, 0.05) is 6.42 Å². The first kappa shape index (κ1) is 20.0. The van der Waals surface area contributed by atoms with E-state index in [1.807, 2.05) is 24.3 Å². The molecule has 1 saturated heterocycles. The molecule has 2 aromatic heterocycles. The lowest BCUT2D eigenvalue weighted by molar-refractivity contribution is -0.0299. The fourth-order valence-corrected chi connectivity index (χ4v) is 3.81. The van der Waals surface area contributed by atoms with E-state index in [2.05, 4.69) is 15.0 Å². The molecule has 0 saturated carbocycles. The van der Waals surface area contributed by atoms with Crippen molar-refractivity contribution in [2.45, 2.75) is 42.8 Å².